The average molecular weight is 380 g/mol. The fourth-order valence-corrected chi connectivity index (χ4v) is 4.75. The maximum Gasteiger partial charge on any atom is 0.255 e. The standard InChI is InChI=1S/C23H29N3O2/c1-15-5-6-18(13-24-15)23(27)25-11-12-26-19(14-25)7-9-21(26)20-8-10-22(28-4)17(3)16(20)2/h5-6,8,10,13,19,21H,7,9,11-12,14H2,1-4H3. The number of aryl methyl sites for hydroxylation is 1. The van der Waals surface area contributed by atoms with Crippen LogP contribution in [0.1, 0.15) is 51.6 Å². The van der Waals surface area contributed by atoms with E-state index in [1.807, 2.05) is 24.0 Å². The van der Waals surface area contributed by atoms with Crippen LogP contribution in [0.2, 0.25) is 0 Å². The summed E-state index contributed by atoms with van der Waals surface area (Å²) in [4.78, 5) is 21.8. The van der Waals surface area contributed by atoms with Crippen molar-refractivity contribution in [1.29, 1.82) is 0 Å². The molecule has 28 heavy (non-hydrogen) atoms. The molecule has 2 saturated heterocycles. The van der Waals surface area contributed by atoms with Gasteiger partial charge >= 0.3 is 0 Å². The van der Waals surface area contributed by atoms with Crippen molar-refractivity contribution in [3.05, 3.63) is 58.4 Å². The molecule has 5 nitrogen and oxygen atoms in total. The Morgan fingerprint density at radius 2 is 1.89 bits per heavy atom. The van der Waals surface area contributed by atoms with Gasteiger partial charge in [-0.05, 0) is 68.5 Å². The molecule has 2 aliphatic rings. The Hall–Kier alpha value is -2.40. The number of ether oxygens (including phenoxy) is 1. The predicted molar refractivity (Wildman–Crippen MR) is 110 cm³/mol. The summed E-state index contributed by atoms with van der Waals surface area (Å²) in [5, 5.41) is 0. The summed E-state index contributed by atoms with van der Waals surface area (Å²) in [7, 11) is 1.73. The largest absolute Gasteiger partial charge is 0.496 e. The summed E-state index contributed by atoms with van der Waals surface area (Å²) in [5.41, 5.74) is 5.59. The number of benzene rings is 1. The van der Waals surface area contributed by atoms with Gasteiger partial charge in [0.05, 0.1) is 12.7 Å². The number of methoxy groups -OCH3 is 1. The maximum atomic E-state index is 12.9. The Labute approximate surface area is 167 Å². The summed E-state index contributed by atoms with van der Waals surface area (Å²) >= 11 is 0. The van der Waals surface area contributed by atoms with E-state index in [-0.39, 0.29) is 5.91 Å². The second-order valence-corrected chi connectivity index (χ2v) is 8.03. The van der Waals surface area contributed by atoms with E-state index in [1.54, 1.807) is 13.3 Å². The highest BCUT2D eigenvalue weighted by Crippen LogP contribution is 2.41. The van der Waals surface area contributed by atoms with Gasteiger partial charge in [-0.15, -0.1) is 0 Å². The molecule has 5 heteroatoms. The SMILES string of the molecule is COc1ccc(C2CCC3CN(C(=O)c4ccc(C)nc4)CCN32)c(C)c1C. The first-order chi connectivity index (χ1) is 13.5. The van der Waals surface area contributed by atoms with Crippen LogP contribution in [-0.2, 0) is 0 Å². The fourth-order valence-electron chi connectivity index (χ4n) is 4.75. The molecule has 2 unspecified atom stereocenters. The monoisotopic (exact) mass is 379 g/mol. The van der Waals surface area contributed by atoms with Gasteiger partial charge in [0.2, 0.25) is 0 Å². The first-order valence-corrected chi connectivity index (χ1v) is 10.1. The molecule has 3 heterocycles. The summed E-state index contributed by atoms with van der Waals surface area (Å²) < 4.78 is 5.48. The number of fused-ring (bicyclic) bond motifs is 1. The number of piperazine rings is 1. The minimum atomic E-state index is 0.104. The summed E-state index contributed by atoms with van der Waals surface area (Å²) in [6.45, 7) is 8.77. The van der Waals surface area contributed by atoms with Gasteiger partial charge in [-0.3, -0.25) is 14.7 Å². The smallest absolute Gasteiger partial charge is 0.255 e. The molecular formula is C23H29N3O2. The Morgan fingerprint density at radius 3 is 2.61 bits per heavy atom. The van der Waals surface area contributed by atoms with Gasteiger partial charge in [0.15, 0.2) is 0 Å². The van der Waals surface area contributed by atoms with Crippen LogP contribution in [0.25, 0.3) is 0 Å². The number of hydrogen-bond donors (Lipinski definition) is 0. The van der Waals surface area contributed by atoms with Crippen LogP contribution in [0.15, 0.2) is 30.5 Å². The van der Waals surface area contributed by atoms with E-state index in [4.69, 9.17) is 4.74 Å². The second-order valence-electron chi connectivity index (χ2n) is 8.03. The van der Waals surface area contributed by atoms with E-state index in [0.717, 1.165) is 43.9 Å². The number of nitrogens with zero attached hydrogens (tertiary/aromatic N) is 3. The predicted octanol–water partition coefficient (Wildman–Crippen LogP) is 3.68. The lowest BCUT2D eigenvalue weighted by Crippen LogP contribution is -2.52. The highest BCUT2D eigenvalue weighted by Gasteiger charge is 2.40. The third-order valence-corrected chi connectivity index (χ3v) is 6.51. The van der Waals surface area contributed by atoms with Crippen LogP contribution in [0.5, 0.6) is 5.75 Å². The molecule has 148 valence electrons. The van der Waals surface area contributed by atoms with Crippen molar-refractivity contribution in [2.75, 3.05) is 26.7 Å². The molecule has 2 aromatic rings. The quantitative estimate of drug-likeness (QED) is 0.816. The molecular weight excluding hydrogens is 350 g/mol. The van der Waals surface area contributed by atoms with Gasteiger partial charge in [0.25, 0.3) is 5.91 Å². The van der Waals surface area contributed by atoms with E-state index in [0.29, 0.717) is 17.6 Å². The number of carbonyl (C=O) groups excluding carboxylic acids is 1. The van der Waals surface area contributed by atoms with E-state index < -0.39 is 0 Å². The highest BCUT2D eigenvalue weighted by atomic mass is 16.5. The molecule has 2 aliphatic heterocycles. The summed E-state index contributed by atoms with van der Waals surface area (Å²) in [6.07, 6.45) is 3.97. The molecule has 0 N–H and O–H groups in total. The molecule has 2 atom stereocenters. The summed E-state index contributed by atoms with van der Waals surface area (Å²) in [5.74, 6) is 1.06. The van der Waals surface area contributed by atoms with Crippen molar-refractivity contribution in [2.24, 2.45) is 0 Å². The zero-order valence-corrected chi connectivity index (χ0v) is 17.2. The Kier molecular flexibility index (Phi) is 5.11. The van der Waals surface area contributed by atoms with Crippen molar-refractivity contribution in [1.82, 2.24) is 14.8 Å². The van der Waals surface area contributed by atoms with Crippen LogP contribution in [0.4, 0.5) is 0 Å². The number of amides is 1. The lowest BCUT2D eigenvalue weighted by molar-refractivity contribution is 0.0497. The van der Waals surface area contributed by atoms with E-state index in [9.17, 15) is 4.79 Å². The Morgan fingerprint density at radius 1 is 1.07 bits per heavy atom. The van der Waals surface area contributed by atoms with Crippen molar-refractivity contribution in [3.8, 4) is 5.75 Å². The van der Waals surface area contributed by atoms with Crippen LogP contribution >= 0.6 is 0 Å². The average Bonchev–Trinajstić information content (AvgIpc) is 3.13. The molecule has 0 bridgehead atoms. The lowest BCUT2D eigenvalue weighted by atomic mass is 9.95. The van der Waals surface area contributed by atoms with Crippen LogP contribution in [0.3, 0.4) is 0 Å². The van der Waals surface area contributed by atoms with Gasteiger partial charge in [-0.1, -0.05) is 6.07 Å². The first-order valence-electron chi connectivity index (χ1n) is 10.1. The number of carbonyl (C=O) groups is 1. The van der Waals surface area contributed by atoms with Gasteiger partial charge in [0.1, 0.15) is 5.75 Å². The molecule has 1 aromatic heterocycles. The van der Waals surface area contributed by atoms with Crippen LogP contribution in [0, 0.1) is 20.8 Å². The van der Waals surface area contributed by atoms with Crippen molar-refractivity contribution in [3.63, 3.8) is 0 Å². The Bertz CT molecular complexity index is 878. The van der Waals surface area contributed by atoms with Crippen molar-refractivity contribution < 1.29 is 9.53 Å². The van der Waals surface area contributed by atoms with Crippen LogP contribution < -0.4 is 4.74 Å². The summed E-state index contributed by atoms with van der Waals surface area (Å²) in [6, 6.07) is 8.98. The zero-order chi connectivity index (χ0) is 19.8. The number of pyridine rings is 1. The van der Waals surface area contributed by atoms with E-state index in [1.165, 1.54) is 16.7 Å². The molecule has 0 saturated carbocycles. The molecule has 2 fully saturated rings. The fraction of sp³-hybridized carbons (Fsp3) is 0.478. The second kappa shape index (κ2) is 7.55. The van der Waals surface area contributed by atoms with Crippen LogP contribution in [-0.4, -0.2) is 53.5 Å². The maximum absolute atomic E-state index is 12.9. The van der Waals surface area contributed by atoms with Crippen molar-refractivity contribution in [2.45, 2.75) is 45.7 Å². The third-order valence-electron chi connectivity index (χ3n) is 6.51. The van der Waals surface area contributed by atoms with E-state index in [2.05, 4.69) is 35.9 Å². The normalized spacial score (nSPS) is 22.2. The van der Waals surface area contributed by atoms with Gasteiger partial charge < -0.3 is 9.64 Å². The van der Waals surface area contributed by atoms with Gasteiger partial charge in [-0.2, -0.15) is 0 Å². The first kappa shape index (κ1) is 18.9. The molecule has 1 aromatic carbocycles. The minimum Gasteiger partial charge on any atom is -0.496 e. The number of hydrogen-bond acceptors (Lipinski definition) is 4. The van der Waals surface area contributed by atoms with E-state index >= 15 is 0 Å². The van der Waals surface area contributed by atoms with Gasteiger partial charge in [0, 0.05) is 43.6 Å². The molecule has 4 rings (SSSR count). The minimum absolute atomic E-state index is 0.104. The molecule has 1 amide bonds. The molecule has 0 spiro atoms. The molecule has 0 radical (unpaired) electrons. The highest BCUT2D eigenvalue weighted by molar-refractivity contribution is 5.94. The lowest BCUT2D eigenvalue weighted by Gasteiger charge is -2.40. The van der Waals surface area contributed by atoms with Crippen molar-refractivity contribution >= 4 is 5.91 Å². The Balaban J connectivity index is 1.49. The third kappa shape index (κ3) is 3.28. The topological polar surface area (TPSA) is 45.7 Å². The van der Waals surface area contributed by atoms with Gasteiger partial charge in [-0.25, -0.2) is 0 Å². The zero-order valence-electron chi connectivity index (χ0n) is 17.2. The number of rotatable bonds is 3. The molecule has 0 aliphatic carbocycles. The number of aromatic nitrogens is 1.